The summed E-state index contributed by atoms with van der Waals surface area (Å²) < 4.78 is 2.76. The average molecular weight is 251 g/mol. The van der Waals surface area contributed by atoms with E-state index in [0.29, 0.717) is 0 Å². The van der Waals surface area contributed by atoms with E-state index in [1.54, 1.807) is 0 Å². The zero-order valence-corrected chi connectivity index (χ0v) is 11.1. The molecule has 3 aromatic rings. The lowest BCUT2D eigenvalue weighted by Crippen LogP contribution is -2.09. The minimum atomic E-state index is 0.982. The van der Waals surface area contributed by atoms with Crippen molar-refractivity contribution in [3.05, 3.63) is 54.2 Å². The first-order chi connectivity index (χ1) is 8.74. The number of allylic oxidation sites excluding steroid dienone is 1. The molecule has 0 aliphatic carbocycles. The predicted molar refractivity (Wildman–Crippen MR) is 80.6 cm³/mol. The number of likely N-dealkylation sites (N-methyl/N-ethyl adjacent to an activating group) is 1. The summed E-state index contributed by atoms with van der Waals surface area (Å²) in [5, 5.41) is 2.74. The molecule has 1 aromatic heterocycles. The Morgan fingerprint density at radius 3 is 2.83 bits per heavy atom. The zero-order chi connectivity index (χ0) is 12.3. The first kappa shape index (κ1) is 10.2. The number of thiophene rings is 1. The second kappa shape index (κ2) is 3.36. The molecular formula is C16H13NS. The van der Waals surface area contributed by atoms with Crippen molar-refractivity contribution in [3.63, 3.8) is 0 Å². The van der Waals surface area contributed by atoms with E-state index in [9.17, 15) is 0 Å². The number of nitrogens with zero attached hydrogens (tertiary/aromatic N) is 1. The first-order valence-corrected chi connectivity index (χ1v) is 6.91. The number of hydrogen-bond donors (Lipinski definition) is 0. The molecule has 88 valence electrons. The third kappa shape index (κ3) is 1.21. The van der Waals surface area contributed by atoms with Crippen LogP contribution in [0.1, 0.15) is 5.56 Å². The van der Waals surface area contributed by atoms with Gasteiger partial charge in [-0.1, -0.05) is 24.8 Å². The summed E-state index contributed by atoms with van der Waals surface area (Å²) in [4.78, 5) is 2.21. The minimum absolute atomic E-state index is 0.982. The number of rotatable bonds is 0. The molecule has 2 aromatic carbocycles. The van der Waals surface area contributed by atoms with Gasteiger partial charge >= 0.3 is 0 Å². The van der Waals surface area contributed by atoms with E-state index in [4.69, 9.17) is 0 Å². The molecule has 2 heterocycles. The predicted octanol–water partition coefficient (Wildman–Crippen LogP) is 4.56. The van der Waals surface area contributed by atoms with E-state index < -0.39 is 0 Å². The van der Waals surface area contributed by atoms with Gasteiger partial charge < -0.3 is 4.90 Å². The van der Waals surface area contributed by atoms with Gasteiger partial charge in [-0.25, -0.2) is 0 Å². The Labute approximate surface area is 110 Å². The maximum absolute atomic E-state index is 4.12. The van der Waals surface area contributed by atoms with Crippen LogP contribution in [-0.4, -0.2) is 7.05 Å². The molecule has 18 heavy (non-hydrogen) atoms. The highest BCUT2D eigenvalue weighted by Crippen LogP contribution is 2.41. The van der Waals surface area contributed by atoms with Crippen molar-refractivity contribution in [2.45, 2.75) is 6.42 Å². The van der Waals surface area contributed by atoms with Gasteiger partial charge in [-0.2, -0.15) is 0 Å². The van der Waals surface area contributed by atoms with Gasteiger partial charge in [-0.15, -0.1) is 11.3 Å². The van der Waals surface area contributed by atoms with Gasteiger partial charge in [0, 0.05) is 45.0 Å². The molecule has 0 N–H and O–H groups in total. The molecule has 1 nitrogen and oxygen atoms in total. The van der Waals surface area contributed by atoms with Crippen LogP contribution in [0.5, 0.6) is 0 Å². The Balaban J connectivity index is 2.12. The fourth-order valence-electron chi connectivity index (χ4n) is 2.76. The average Bonchev–Trinajstić information content (AvgIpc) is 2.86. The van der Waals surface area contributed by atoms with Crippen molar-refractivity contribution < 1.29 is 0 Å². The highest BCUT2D eigenvalue weighted by atomic mass is 32.1. The van der Waals surface area contributed by atoms with Crippen LogP contribution in [0.4, 0.5) is 5.69 Å². The molecule has 0 saturated carbocycles. The minimum Gasteiger partial charge on any atom is -0.348 e. The number of benzene rings is 2. The van der Waals surface area contributed by atoms with Crippen LogP contribution in [0.2, 0.25) is 0 Å². The molecular weight excluding hydrogens is 238 g/mol. The third-order valence-corrected chi connectivity index (χ3v) is 4.94. The second-order valence-corrected chi connectivity index (χ2v) is 5.96. The summed E-state index contributed by atoms with van der Waals surface area (Å²) in [6.07, 6.45) is 0.982. The topological polar surface area (TPSA) is 3.24 Å². The highest BCUT2D eigenvalue weighted by Gasteiger charge is 2.20. The molecule has 1 aliphatic rings. The number of hydrogen-bond acceptors (Lipinski definition) is 2. The Kier molecular flexibility index (Phi) is 1.90. The van der Waals surface area contributed by atoms with Crippen LogP contribution in [0, 0.1) is 0 Å². The molecule has 2 heteroatoms. The lowest BCUT2D eigenvalue weighted by molar-refractivity contribution is 1.11. The molecule has 0 bridgehead atoms. The summed E-state index contributed by atoms with van der Waals surface area (Å²) in [5.74, 6) is 0. The molecule has 0 spiro atoms. The smallest absolute Gasteiger partial charge is 0.0449 e. The molecule has 0 amide bonds. The van der Waals surface area contributed by atoms with Gasteiger partial charge in [-0.3, -0.25) is 0 Å². The van der Waals surface area contributed by atoms with Gasteiger partial charge in [0.05, 0.1) is 0 Å². The molecule has 0 atom stereocenters. The van der Waals surface area contributed by atoms with Gasteiger partial charge in [-0.05, 0) is 23.8 Å². The fraction of sp³-hybridized carbons (Fsp3) is 0.125. The van der Waals surface area contributed by atoms with Crippen molar-refractivity contribution in [1.29, 1.82) is 0 Å². The van der Waals surface area contributed by atoms with Crippen LogP contribution in [0.3, 0.4) is 0 Å². The van der Waals surface area contributed by atoms with Gasteiger partial charge in [0.1, 0.15) is 0 Å². The Bertz CT molecular complexity index is 797. The van der Waals surface area contributed by atoms with E-state index in [0.717, 1.165) is 6.42 Å². The molecule has 1 aliphatic heterocycles. The van der Waals surface area contributed by atoms with Crippen LogP contribution in [-0.2, 0) is 6.42 Å². The Morgan fingerprint density at radius 2 is 1.94 bits per heavy atom. The van der Waals surface area contributed by atoms with Gasteiger partial charge in [0.2, 0.25) is 0 Å². The van der Waals surface area contributed by atoms with Crippen molar-refractivity contribution in [2.24, 2.45) is 0 Å². The van der Waals surface area contributed by atoms with Crippen LogP contribution in [0.25, 0.3) is 20.2 Å². The fourth-order valence-corrected chi connectivity index (χ4v) is 3.92. The third-order valence-electron chi connectivity index (χ3n) is 3.81. The summed E-state index contributed by atoms with van der Waals surface area (Å²) in [6.45, 7) is 4.12. The molecule has 0 unspecified atom stereocenters. The van der Waals surface area contributed by atoms with Crippen molar-refractivity contribution in [1.82, 2.24) is 0 Å². The Morgan fingerprint density at radius 1 is 1.11 bits per heavy atom. The SMILES string of the molecule is C=C1Cc2cc3sc4ccccc4c3cc2N1C. The number of fused-ring (bicyclic) bond motifs is 4. The molecule has 4 rings (SSSR count). The van der Waals surface area contributed by atoms with Gasteiger partial charge in [0.25, 0.3) is 0 Å². The molecule has 0 radical (unpaired) electrons. The normalized spacial score (nSPS) is 14.7. The van der Waals surface area contributed by atoms with Crippen LogP contribution in [0.15, 0.2) is 48.7 Å². The van der Waals surface area contributed by atoms with Crippen LogP contribution < -0.4 is 4.90 Å². The lowest BCUT2D eigenvalue weighted by atomic mass is 10.1. The quantitative estimate of drug-likeness (QED) is 0.566. The van der Waals surface area contributed by atoms with E-state index in [1.165, 1.54) is 37.1 Å². The summed E-state index contributed by atoms with van der Waals surface area (Å²) in [6, 6.07) is 13.3. The number of anilines is 1. The first-order valence-electron chi connectivity index (χ1n) is 6.10. The summed E-state index contributed by atoms with van der Waals surface area (Å²) >= 11 is 1.88. The monoisotopic (exact) mass is 251 g/mol. The molecule has 0 fully saturated rings. The zero-order valence-electron chi connectivity index (χ0n) is 10.2. The summed E-state index contributed by atoms with van der Waals surface area (Å²) in [5.41, 5.74) is 3.91. The van der Waals surface area contributed by atoms with Crippen LogP contribution >= 0.6 is 11.3 Å². The second-order valence-electron chi connectivity index (χ2n) is 4.88. The maximum Gasteiger partial charge on any atom is 0.0449 e. The highest BCUT2D eigenvalue weighted by molar-refractivity contribution is 7.25. The Hall–Kier alpha value is -1.80. The van der Waals surface area contributed by atoms with E-state index in [-0.39, 0.29) is 0 Å². The largest absolute Gasteiger partial charge is 0.348 e. The van der Waals surface area contributed by atoms with E-state index in [2.05, 4.69) is 54.9 Å². The molecule has 0 saturated heterocycles. The summed E-state index contributed by atoms with van der Waals surface area (Å²) in [7, 11) is 2.11. The maximum atomic E-state index is 4.12. The standard InChI is InChI=1S/C16H13NS/c1-10-7-11-8-16-13(9-14(11)17(10)2)12-5-3-4-6-15(12)18-16/h3-6,8-9H,1,7H2,2H3. The van der Waals surface area contributed by atoms with E-state index >= 15 is 0 Å². The van der Waals surface area contributed by atoms with Crippen molar-refractivity contribution >= 4 is 37.2 Å². The van der Waals surface area contributed by atoms with E-state index in [1.807, 2.05) is 11.3 Å². The van der Waals surface area contributed by atoms with Crippen molar-refractivity contribution in [3.8, 4) is 0 Å². The van der Waals surface area contributed by atoms with Gasteiger partial charge in [0.15, 0.2) is 0 Å². The lowest BCUT2D eigenvalue weighted by Gasteiger charge is -2.13. The van der Waals surface area contributed by atoms with Crippen molar-refractivity contribution in [2.75, 3.05) is 11.9 Å².